The van der Waals surface area contributed by atoms with Gasteiger partial charge in [0.05, 0.1) is 23.2 Å². The van der Waals surface area contributed by atoms with Gasteiger partial charge in [0.15, 0.2) is 3.95 Å². The van der Waals surface area contributed by atoms with E-state index in [1.54, 1.807) is 11.3 Å². The smallest absolute Gasteiger partial charge is 0.225 e. The topological polar surface area (TPSA) is 57.8 Å². The molecule has 0 saturated carbocycles. The van der Waals surface area contributed by atoms with Gasteiger partial charge in [-0.1, -0.05) is 0 Å². The summed E-state index contributed by atoms with van der Waals surface area (Å²) >= 11 is 8.18. The van der Waals surface area contributed by atoms with E-state index in [4.69, 9.17) is 12.2 Å². The maximum absolute atomic E-state index is 12.1. The van der Waals surface area contributed by atoms with Gasteiger partial charge in [-0.15, -0.1) is 22.7 Å². The van der Waals surface area contributed by atoms with Gasteiger partial charge in [-0.2, -0.15) is 0 Å². The van der Waals surface area contributed by atoms with Crippen molar-refractivity contribution in [3.8, 4) is 0 Å². The summed E-state index contributed by atoms with van der Waals surface area (Å²) in [4.78, 5) is 21.7. The SMILES string of the molecule is Cc1nc(C)c([C@H](C)NC(=O)Cc2sc(=S)[nH]c2C)s1. The van der Waals surface area contributed by atoms with Gasteiger partial charge in [0, 0.05) is 15.4 Å². The summed E-state index contributed by atoms with van der Waals surface area (Å²) in [6, 6.07) is -0.0130. The van der Waals surface area contributed by atoms with Crippen LogP contribution in [-0.4, -0.2) is 15.9 Å². The van der Waals surface area contributed by atoms with Crippen LogP contribution in [0.4, 0.5) is 0 Å². The number of hydrogen-bond donors (Lipinski definition) is 2. The van der Waals surface area contributed by atoms with Crippen LogP contribution in [0, 0.1) is 24.7 Å². The molecule has 2 heterocycles. The second kappa shape index (κ2) is 6.15. The second-order valence-electron chi connectivity index (χ2n) is 4.71. The lowest BCUT2D eigenvalue weighted by molar-refractivity contribution is -0.121. The molecule has 2 N–H and O–H groups in total. The van der Waals surface area contributed by atoms with Crippen molar-refractivity contribution in [3.05, 3.63) is 30.1 Å². The van der Waals surface area contributed by atoms with Crippen molar-refractivity contribution >= 4 is 40.8 Å². The first-order valence-corrected chi connectivity index (χ1v) is 8.33. The Balaban J connectivity index is 2.03. The molecule has 2 rings (SSSR count). The number of thiazole rings is 2. The number of aromatic nitrogens is 2. The Morgan fingerprint density at radius 3 is 2.60 bits per heavy atom. The number of H-pyrrole nitrogens is 1. The Morgan fingerprint density at radius 1 is 1.40 bits per heavy atom. The number of rotatable bonds is 4. The number of hydrogen-bond acceptors (Lipinski definition) is 5. The van der Waals surface area contributed by atoms with Gasteiger partial charge in [0.25, 0.3) is 0 Å². The monoisotopic (exact) mass is 327 g/mol. The fraction of sp³-hybridized carbons (Fsp3) is 0.462. The predicted octanol–water partition coefficient (Wildman–Crippen LogP) is 3.61. The lowest BCUT2D eigenvalue weighted by atomic mass is 10.2. The zero-order chi connectivity index (χ0) is 14.9. The van der Waals surface area contributed by atoms with Crippen molar-refractivity contribution < 1.29 is 4.79 Å². The molecule has 0 aliphatic rings. The number of amides is 1. The zero-order valence-corrected chi connectivity index (χ0v) is 14.3. The van der Waals surface area contributed by atoms with Crippen LogP contribution in [0.25, 0.3) is 0 Å². The van der Waals surface area contributed by atoms with E-state index < -0.39 is 0 Å². The number of carbonyl (C=O) groups is 1. The Morgan fingerprint density at radius 2 is 2.10 bits per heavy atom. The van der Waals surface area contributed by atoms with Gasteiger partial charge in [-0.25, -0.2) is 4.98 Å². The van der Waals surface area contributed by atoms with E-state index in [2.05, 4.69) is 15.3 Å². The molecule has 0 aromatic carbocycles. The Kier molecular flexibility index (Phi) is 4.72. The number of nitrogens with one attached hydrogen (secondary N) is 2. The molecule has 0 spiro atoms. The first-order valence-electron chi connectivity index (χ1n) is 6.28. The van der Waals surface area contributed by atoms with E-state index in [9.17, 15) is 4.79 Å². The minimum Gasteiger partial charge on any atom is -0.348 e. The van der Waals surface area contributed by atoms with Gasteiger partial charge in [0.2, 0.25) is 5.91 Å². The van der Waals surface area contributed by atoms with Gasteiger partial charge in [0.1, 0.15) is 0 Å². The molecular weight excluding hydrogens is 310 g/mol. The second-order valence-corrected chi connectivity index (χ2v) is 7.72. The summed E-state index contributed by atoms with van der Waals surface area (Å²) in [6.07, 6.45) is 0.366. The van der Waals surface area contributed by atoms with Crippen LogP contribution in [0.15, 0.2) is 0 Å². The fourth-order valence-electron chi connectivity index (χ4n) is 2.06. The molecular formula is C13H17N3OS3. The quantitative estimate of drug-likeness (QED) is 0.844. The number of aromatic amines is 1. The van der Waals surface area contributed by atoms with Crippen LogP contribution in [0.1, 0.15) is 39.1 Å². The third-order valence-corrected chi connectivity index (χ3v) is 5.55. The summed E-state index contributed by atoms with van der Waals surface area (Å²) < 4.78 is 0.715. The molecule has 0 aliphatic heterocycles. The summed E-state index contributed by atoms with van der Waals surface area (Å²) in [5.41, 5.74) is 1.97. The molecule has 4 nitrogen and oxygen atoms in total. The third kappa shape index (κ3) is 3.53. The first-order chi connectivity index (χ1) is 9.36. The fourth-order valence-corrected chi connectivity index (χ4v) is 4.28. The van der Waals surface area contributed by atoms with Crippen LogP contribution in [0.5, 0.6) is 0 Å². The van der Waals surface area contributed by atoms with Crippen LogP contribution >= 0.6 is 34.9 Å². The predicted molar refractivity (Wildman–Crippen MR) is 86.1 cm³/mol. The molecule has 2 aromatic rings. The molecule has 108 valence electrons. The minimum absolute atomic E-state index is 0.0105. The van der Waals surface area contributed by atoms with E-state index >= 15 is 0 Å². The van der Waals surface area contributed by atoms with Crippen molar-refractivity contribution in [1.29, 1.82) is 0 Å². The van der Waals surface area contributed by atoms with E-state index in [-0.39, 0.29) is 11.9 Å². The van der Waals surface area contributed by atoms with Crippen molar-refractivity contribution in [2.45, 2.75) is 40.2 Å². The van der Waals surface area contributed by atoms with Gasteiger partial charge < -0.3 is 10.3 Å². The third-order valence-electron chi connectivity index (χ3n) is 2.96. The molecule has 0 unspecified atom stereocenters. The maximum Gasteiger partial charge on any atom is 0.225 e. The average molecular weight is 328 g/mol. The van der Waals surface area contributed by atoms with Gasteiger partial charge in [-0.05, 0) is 39.9 Å². The van der Waals surface area contributed by atoms with Crippen LogP contribution in [-0.2, 0) is 11.2 Å². The summed E-state index contributed by atoms with van der Waals surface area (Å²) in [5, 5.41) is 4.05. The lowest BCUT2D eigenvalue weighted by Crippen LogP contribution is -2.27. The van der Waals surface area contributed by atoms with Crippen LogP contribution in [0.3, 0.4) is 0 Å². The normalized spacial score (nSPS) is 12.4. The van der Waals surface area contributed by atoms with Gasteiger partial charge in [-0.3, -0.25) is 4.79 Å². The molecule has 0 saturated heterocycles. The van der Waals surface area contributed by atoms with E-state index in [0.29, 0.717) is 10.4 Å². The van der Waals surface area contributed by atoms with E-state index in [1.807, 2.05) is 27.7 Å². The highest BCUT2D eigenvalue weighted by atomic mass is 32.1. The standard InChI is InChI=1S/C13H17N3OS3/c1-6-10(20-13(18)16-6)5-11(17)15-8(3)12-7(2)14-9(4)19-12/h8H,5H2,1-4H3,(H,15,17)(H,16,18)/t8-/m0/s1. The molecule has 1 amide bonds. The van der Waals surface area contributed by atoms with E-state index in [1.165, 1.54) is 11.3 Å². The Bertz CT molecular complexity index is 683. The molecule has 0 bridgehead atoms. The summed E-state index contributed by atoms with van der Waals surface area (Å²) in [7, 11) is 0. The molecule has 7 heteroatoms. The summed E-state index contributed by atoms with van der Waals surface area (Å²) in [6.45, 7) is 7.88. The Hall–Kier alpha value is -1.05. The number of aryl methyl sites for hydroxylation is 3. The highest BCUT2D eigenvalue weighted by Crippen LogP contribution is 2.24. The van der Waals surface area contributed by atoms with Gasteiger partial charge >= 0.3 is 0 Å². The molecule has 0 fully saturated rings. The maximum atomic E-state index is 12.1. The van der Waals surface area contributed by atoms with Crippen molar-refractivity contribution in [2.75, 3.05) is 0 Å². The van der Waals surface area contributed by atoms with Crippen LogP contribution < -0.4 is 5.32 Å². The number of carbonyl (C=O) groups excluding carboxylic acids is 1. The average Bonchev–Trinajstić information content (AvgIpc) is 2.81. The molecule has 20 heavy (non-hydrogen) atoms. The molecule has 0 radical (unpaired) electrons. The molecule has 1 atom stereocenters. The van der Waals surface area contributed by atoms with Crippen molar-refractivity contribution in [1.82, 2.24) is 15.3 Å². The highest BCUT2D eigenvalue weighted by molar-refractivity contribution is 7.73. The summed E-state index contributed by atoms with van der Waals surface area (Å²) in [5.74, 6) is 0.0105. The highest BCUT2D eigenvalue weighted by Gasteiger charge is 2.16. The van der Waals surface area contributed by atoms with E-state index in [0.717, 1.165) is 26.1 Å². The Labute approximate surface area is 131 Å². The first kappa shape index (κ1) is 15.3. The molecule has 0 aliphatic carbocycles. The minimum atomic E-state index is -0.0130. The van der Waals surface area contributed by atoms with Crippen molar-refractivity contribution in [2.24, 2.45) is 0 Å². The van der Waals surface area contributed by atoms with Crippen molar-refractivity contribution in [3.63, 3.8) is 0 Å². The number of nitrogens with zero attached hydrogens (tertiary/aromatic N) is 1. The lowest BCUT2D eigenvalue weighted by Gasteiger charge is -2.12. The largest absolute Gasteiger partial charge is 0.348 e. The zero-order valence-electron chi connectivity index (χ0n) is 11.9. The molecule has 2 aromatic heterocycles. The van der Waals surface area contributed by atoms with Crippen LogP contribution in [0.2, 0.25) is 0 Å².